The molecule has 1 aliphatic carbocycles. The zero-order valence-electron chi connectivity index (χ0n) is 16.9. The number of rotatable bonds is 4. The van der Waals surface area contributed by atoms with Crippen LogP contribution >= 0.6 is 0 Å². The van der Waals surface area contributed by atoms with Crippen molar-refractivity contribution in [2.75, 3.05) is 13.7 Å². The first-order valence-electron chi connectivity index (χ1n) is 10.4. The van der Waals surface area contributed by atoms with Gasteiger partial charge < -0.3 is 19.4 Å². The summed E-state index contributed by atoms with van der Waals surface area (Å²) < 4.78 is 10.9. The van der Waals surface area contributed by atoms with Gasteiger partial charge in [-0.3, -0.25) is 4.79 Å². The van der Waals surface area contributed by atoms with E-state index in [1.54, 1.807) is 6.07 Å². The van der Waals surface area contributed by atoms with Crippen LogP contribution in [0.4, 0.5) is 0 Å². The Morgan fingerprint density at radius 2 is 1.97 bits per heavy atom. The van der Waals surface area contributed by atoms with E-state index in [0.717, 1.165) is 41.4 Å². The normalized spacial score (nSPS) is 16.1. The number of carbonyl (C=O) groups is 2. The molecule has 1 amide bonds. The second-order valence-electron chi connectivity index (χ2n) is 7.98. The number of aromatic nitrogens is 1. The Morgan fingerprint density at radius 1 is 1.13 bits per heavy atom. The molecule has 5 rings (SSSR count). The molecule has 0 radical (unpaired) electrons. The van der Waals surface area contributed by atoms with Gasteiger partial charge in [-0.15, -0.1) is 0 Å². The number of esters is 1. The molecule has 1 saturated carbocycles. The summed E-state index contributed by atoms with van der Waals surface area (Å²) in [5.74, 6) is 0.289. The molecular formula is C24H24N2O4. The van der Waals surface area contributed by atoms with Crippen molar-refractivity contribution in [2.24, 2.45) is 0 Å². The maximum atomic E-state index is 13.4. The summed E-state index contributed by atoms with van der Waals surface area (Å²) in [6, 6.07) is 13.0. The van der Waals surface area contributed by atoms with E-state index in [9.17, 15) is 9.59 Å². The van der Waals surface area contributed by atoms with Crippen LogP contribution in [0.15, 0.2) is 42.5 Å². The lowest BCUT2D eigenvalue weighted by Crippen LogP contribution is -2.36. The van der Waals surface area contributed by atoms with Crippen molar-refractivity contribution in [3.8, 4) is 5.75 Å². The molecule has 1 aliphatic heterocycles. The molecule has 30 heavy (non-hydrogen) atoms. The summed E-state index contributed by atoms with van der Waals surface area (Å²) in [4.78, 5) is 30.6. The van der Waals surface area contributed by atoms with Crippen molar-refractivity contribution in [1.29, 1.82) is 0 Å². The zero-order chi connectivity index (χ0) is 20.7. The standard InChI is InChI=1S/C24H24N2O4/c1-29-24(28)15-9-10-20-18(13-15)19-14-26(12-11-21(19)25-20)23(27)17-7-2-3-8-22(17)30-16-5-4-6-16/h2-3,7-10,13,16,25H,4-6,11-12,14H2,1H3. The Kier molecular flexibility index (Phi) is 4.69. The quantitative estimate of drug-likeness (QED) is 0.665. The molecule has 6 heteroatoms. The highest BCUT2D eigenvalue weighted by molar-refractivity contribution is 5.98. The van der Waals surface area contributed by atoms with Gasteiger partial charge in [-0.1, -0.05) is 12.1 Å². The van der Waals surface area contributed by atoms with Crippen molar-refractivity contribution < 1.29 is 19.1 Å². The smallest absolute Gasteiger partial charge is 0.337 e. The molecule has 2 aliphatic rings. The molecule has 1 N–H and O–H groups in total. The third-order valence-corrected chi connectivity index (χ3v) is 6.15. The maximum absolute atomic E-state index is 13.4. The molecule has 1 fully saturated rings. The van der Waals surface area contributed by atoms with Crippen LogP contribution in [0.3, 0.4) is 0 Å². The molecule has 1 aromatic heterocycles. The minimum absolute atomic E-state index is 0.0194. The van der Waals surface area contributed by atoms with Gasteiger partial charge in [-0.2, -0.15) is 0 Å². The Bertz CT molecular complexity index is 1130. The summed E-state index contributed by atoms with van der Waals surface area (Å²) in [6.07, 6.45) is 4.25. The van der Waals surface area contributed by atoms with Crippen LogP contribution in [-0.4, -0.2) is 41.5 Å². The molecule has 0 unspecified atom stereocenters. The highest BCUT2D eigenvalue weighted by atomic mass is 16.5. The number of aromatic amines is 1. The molecule has 6 nitrogen and oxygen atoms in total. The monoisotopic (exact) mass is 404 g/mol. The van der Waals surface area contributed by atoms with Crippen LogP contribution in [0.1, 0.15) is 51.2 Å². The second kappa shape index (κ2) is 7.52. The SMILES string of the molecule is COC(=O)c1ccc2[nH]c3c(c2c1)CN(C(=O)c1ccccc1OC1CCC1)CC3. The zero-order valence-corrected chi connectivity index (χ0v) is 16.9. The average molecular weight is 404 g/mol. The summed E-state index contributed by atoms with van der Waals surface area (Å²) in [7, 11) is 1.38. The van der Waals surface area contributed by atoms with Crippen LogP contribution in [0.25, 0.3) is 10.9 Å². The predicted molar refractivity (Wildman–Crippen MR) is 113 cm³/mol. The van der Waals surface area contributed by atoms with E-state index in [1.165, 1.54) is 13.5 Å². The molecule has 2 aromatic carbocycles. The minimum atomic E-state index is -0.363. The van der Waals surface area contributed by atoms with Gasteiger partial charge in [-0.25, -0.2) is 4.79 Å². The highest BCUT2D eigenvalue weighted by Gasteiger charge is 2.28. The number of nitrogens with one attached hydrogen (secondary N) is 1. The van der Waals surface area contributed by atoms with Crippen molar-refractivity contribution in [2.45, 2.75) is 38.3 Å². The van der Waals surface area contributed by atoms with E-state index in [-0.39, 0.29) is 18.0 Å². The molecule has 0 atom stereocenters. The molecule has 0 bridgehead atoms. The van der Waals surface area contributed by atoms with Crippen LogP contribution in [0, 0.1) is 0 Å². The van der Waals surface area contributed by atoms with Gasteiger partial charge in [0, 0.05) is 41.7 Å². The first-order valence-corrected chi connectivity index (χ1v) is 10.4. The summed E-state index contributed by atoms with van der Waals surface area (Å²) in [5, 5.41) is 0.962. The lowest BCUT2D eigenvalue weighted by molar-refractivity contribution is 0.0600. The Hall–Kier alpha value is -3.28. The number of fused-ring (bicyclic) bond motifs is 3. The summed E-state index contributed by atoms with van der Waals surface area (Å²) in [6.45, 7) is 1.14. The minimum Gasteiger partial charge on any atom is -0.490 e. The number of ether oxygens (including phenoxy) is 2. The van der Waals surface area contributed by atoms with Crippen LogP contribution in [0.5, 0.6) is 5.75 Å². The van der Waals surface area contributed by atoms with Crippen LogP contribution in [-0.2, 0) is 17.7 Å². The van der Waals surface area contributed by atoms with E-state index < -0.39 is 0 Å². The van der Waals surface area contributed by atoms with E-state index in [2.05, 4.69) is 4.98 Å². The Labute approximate surface area is 174 Å². The lowest BCUT2D eigenvalue weighted by Gasteiger charge is -2.30. The molecular weight excluding hydrogens is 380 g/mol. The maximum Gasteiger partial charge on any atom is 0.337 e. The van der Waals surface area contributed by atoms with Crippen molar-refractivity contribution in [3.05, 3.63) is 64.8 Å². The van der Waals surface area contributed by atoms with Gasteiger partial charge in [0.2, 0.25) is 0 Å². The molecule has 0 saturated heterocycles. The first-order chi connectivity index (χ1) is 14.6. The number of hydrogen-bond donors (Lipinski definition) is 1. The van der Waals surface area contributed by atoms with Gasteiger partial charge in [0.15, 0.2) is 0 Å². The predicted octanol–water partition coefficient (Wildman–Crippen LogP) is 4.08. The van der Waals surface area contributed by atoms with Crippen molar-refractivity contribution in [1.82, 2.24) is 9.88 Å². The van der Waals surface area contributed by atoms with E-state index >= 15 is 0 Å². The third-order valence-electron chi connectivity index (χ3n) is 6.15. The van der Waals surface area contributed by atoms with Gasteiger partial charge in [0.25, 0.3) is 5.91 Å². The molecule has 154 valence electrons. The van der Waals surface area contributed by atoms with Gasteiger partial charge in [0.1, 0.15) is 5.75 Å². The largest absolute Gasteiger partial charge is 0.490 e. The number of benzene rings is 2. The van der Waals surface area contributed by atoms with Crippen molar-refractivity contribution in [3.63, 3.8) is 0 Å². The second-order valence-corrected chi connectivity index (χ2v) is 7.98. The number of H-pyrrole nitrogens is 1. The number of hydrogen-bond acceptors (Lipinski definition) is 4. The number of amides is 1. The Morgan fingerprint density at radius 3 is 2.73 bits per heavy atom. The van der Waals surface area contributed by atoms with Crippen LogP contribution < -0.4 is 4.74 Å². The molecule has 0 spiro atoms. The number of methoxy groups -OCH3 is 1. The first kappa shape index (κ1) is 18.7. The van der Waals surface area contributed by atoms with Gasteiger partial charge in [0.05, 0.1) is 24.3 Å². The molecule has 3 aromatic rings. The van der Waals surface area contributed by atoms with Gasteiger partial charge in [-0.05, 0) is 49.6 Å². The van der Waals surface area contributed by atoms with Crippen molar-refractivity contribution >= 4 is 22.8 Å². The highest BCUT2D eigenvalue weighted by Crippen LogP contribution is 2.32. The third kappa shape index (κ3) is 3.22. The number of para-hydroxylation sites is 1. The van der Waals surface area contributed by atoms with E-state index in [1.807, 2.05) is 41.3 Å². The Balaban J connectivity index is 1.44. The average Bonchev–Trinajstić information content (AvgIpc) is 3.12. The fraction of sp³-hybridized carbons (Fsp3) is 0.333. The number of carbonyl (C=O) groups excluding carboxylic acids is 2. The summed E-state index contributed by atoms with van der Waals surface area (Å²) in [5.41, 5.74) is 4.27. The molecule has 2 heterocycles. The summed E-state index contributed by atoms with van der Waals surface area (Å²) >= 11 is 0. The fourth-order valence-corrected chi connectivity index (χ4v) is 4.22. The lowest BCUT2D eigenvalue weighted by atomic mass is 9.96. The fourth-order valence-electron chi connectivity index (χ4n) is 4.22. The topological polar surface area (TPSA) is 71.6 Å². The van der Waals surface area contributed by atoms with Gasteiger partial charge >= 0.3 is 5.97 Å². The van der Waals surface area contributed by atoms with E-state index in [0.29, 0.717) is 30.0 Å². The number of nitrogens with zero attached hydrogens (tertiary/aromatic N) is 1. The van der Waals surface area contributed by atoms with E-state index in [4.69, 9.17) is 9.47 Å². The van der Waals surface area contributed by atoms with Crippen LogP contribution in [0.2, 0.25) is 0 Å².